The van der Waals surface area contributed by atoms with Gasteiger partial charge in [-0.15, -0.1) is 0 Å². The molecule has 19 heavy (non-hydrogen) atoms. The molecule has 1 aromatic heterocycles. The number of carbonyl (C=O) groups excluding carboxylic acids is 1. The third-order valence-corrected chi connectivity index (χ3v) is 3.76. The van der Waals surface area contributed by atoms with Crippen LogP contribution in [0.2, 0.25) is 0 Å². The van der Waals surface area contributed by atoms with Gasteiger partial charge in [-0.1, -0.05) is 18.2 Å². The molecule has 1 atom stereocenters. The van der Waals surface area contributed by atoms with E-state index < -0.39 is 0 Å². The molecule has 0 radical (unpaired) electrons. The third kappa shape index (κ3) is 2.38. The number of amides is 1. The van der Waals surface area contributed by atoms with Crippen LogP contribution in [0.5, 0.6) is 0 Å². The van der Waals surface area contributed by atoms with Gasteiger partial charge in [-0.2, -0.15) is 0 Å². The van der Waals surface area contributed by atoms with Crippen LogP contribution in [0.3, 0.4) is 0 Å². The van der Waals surface area contributed by atoms with Crippen molar-refractivity contribution in [2.24, 2.45) is 0 Å². The maximum absolute atomic E-state index is 12.2. The van der Waals surface area contributed by atoms with Crippen LogP contribution < -0.4 is 10.9 Å². The average Bonchev–Trinajstić information content (AvgIpc) is 2.63. The van der Waals surface area contributed by atoms with Crippen LogP contribution in [-0.4, -0.2) is 17.4 Å². The molecule has 4 nitrogen and oxygen atoms in total. The highest BCUT2D eigenvalue weighted by atomic mass is 16.1. The minimum atomic E-state index is -0.0296. The van der Waals surface area contributed by atoms with Crippen molar-refractivity contribution < 1.29 is 4.79 Å². The Bertz CT molecular complexity index is 675. The molecule has 3 rings (SSSR count). The minimum absolute atomic E-state index is 0.0296. The van der Waals surface area contributed by atoms with Crippen molar-refractivity contribution >= 4 is 16.8 Å². The van der Waals surface area contributed by atoms with Crippen LogP contribution in [0, 0.1) is 0 Å². The summed E-state index contributed by atoms with van der Waals surface area (Å²) in [7, 11) is 0. The van der Waals surface area contributed by atoms with Crippen molar-refractivity contribution in [3.63, 3.8) is 0 Å². The standard InChI is InChI=1S/C15H16N2O2/c18-14-6-5-10(7-8-16-14)12-9-11-3-1-2-4-13(11)17-15(12)19/h1-4,9-10H,5-8H2,(H,16,18)(H,17,19). The zero-order chi connectivity index (χ0) is 13.2. The van der Waals surface area contributed by atoms with Crippen molar-refractivity contribution in [3.05, 3.63) is 46.2 Å². The predicted molar refractivity (Wildman–Crippen MR) is 74.2 cm³/mol. The van der Waals surface area contributed by atoms with Crippen molar-refractivity contribution in [1.29, 1.82) is 0 Å². The summed E-state index contributed by atoms with van der Waals surface area (Å²) in [6.45, 7) is 0.649. The smallest absolute Gasteiger partial charge is 0.251 e. The largest absolute Gasteiger partial charge is 0.356 e. The molecule has 4 heteroatoms. The molecular formula is C15H16N2O2. The number of para-hydroxylation sites is 1. The number of pyridine rings is 1. The van der Waals surface area contributed by atoms with Gasteiger partial charge in [-0.25, -0.2) is 0 Å². The number of aromatic amines is 1. The Hall–Kier alpha value is -2.10. The quantitative estimate of drug-likeness (QED) is 0.818. The summed E-state index contributed by atoms with van der Waals surface area (Å²) >= 11 is 0. The van der Waals surface area contributed by atoms with E-state index in [0.717, 1.165) is 29.3 Å². The maximum Gasteiger partial charge on any atom is 0.251 e. The average molecular weight is 256 g/mol. The van der Waals surface area contributed by atoms with E-state index in [1.807, 2.05) is 30.3 Å². The van der Waals surface area contributed by atoms with Gasteiger partial charge in [-0.05, 0) is 36.3 Å². The van der Waals surface area contributed by atoms with Gasteiger partial charge in [-0.3, -0.25) is 9.59 Å². The predicted octanol–water partition coefficient (Wildman–Crippen LogP) is 1.91. The summed E-state index contributed by atoms with van der Waals surface area (Å²) in [4.78, 5) is 26.5. The molecule has 98 valence electrons. The fourth-order valence-corrected chi connectivity index (χ4v) is 2.70. The fourth-order valence-electron chi connectivity index (χ4n) is 2.70. The lowest BCUT2D eigenvalue weighted by Gasteiger charge is -2.13. The number of carbonyl (C=O) groups is 1. The zero-order valence-electron chi connectivity index (χ0n) is 10.6. The van der Waals surface area contributed by atoms with E-state index in [1.165, 1.54) is 0 Å². The number of hydrogen-bond acceptors (Lipinski definition) is 2. The highest BCUT2D eigenvalue weighted by molar-refractivity contribution is 5.79. The molecule has 2 N–H and O–H groups in total. The number of nitrogens with one attached hydrogen (secondary N) is 2. The third-order valence-electron chi connectivity index (χ3n) is 3.76. The molecule has 0 aliphatic carbocycles. The van der Waals surface area contributed by atoms with Crippen LogP contribution in [-0.2, 0) is 4.79 Å². The second kappa shape index (κ2) is 4.88. The topological polar surface area (TPSA) is 62.0 Å². The monoisotopic (exact) mass is 256 g/mol. The van der Waals surface area contributed by atoms with Gasteiger partial charge in [0.05, 0.1) is 0 Å². The van der Waals surface area contributed by atoms with E-state index in [-0.39, 0.29) is 17.4 Å². The van der Waals surface area contributed by atoms with Crippen molar-refractivity contribution in [2.75, 3.05) is 6.54 Å². The highest BCUT2D eigenvalue weighted by Gasteiger charge is 2.20. The molecule has 2 aromatic rings. The second-order valence-corrected chi connectivity index (χ2v) is 5.02. The van der Waals surface area contributed by atoms with Gasteiger partial charge in [0, 0.05) is 24.0 Å². The van der Waals surface area contributed by atoms with E-state index in [0.29, 0.717) is 13.0 Å². The molecule has 1 fully saturated rings. The van der Waals surface area contributed by atoms with E-state index in [4.69, 9.17) is 0 Å². The summed E-state index contributed by atoms with van der Waals surface area (Å²) in [5.41, 5.74) is 1.63. The molecule has 0 saturated carbocycles. The van der Waals surface area contributed by atoms with Crippen molar-refractivity contribution in [2.45, 2.75) is 25.2 Å². The van der Waals surface area contributed by atoms with Crippen LogP contribution in [0.4, 0.5) is 0 Å². The van der Waals surface area contributed by atoms with Gasteiger partial charge < -0.3 is 10.3 Å². The van der Waals surface area contributed by atoms with E-state index in [1.54, 1.807) is 0 Å². The highest BCUT2D eigenvalue weighted by Crippen LogP contribution is 2.25. The maximum atomic E-state index is 12.2. The lowest BCUT2D eigenvalue weighted by atomic mass is 9.92. The molecule has 1 amide bonds. The molecule has 0 spiro atoms. The molecule has 1 unspecified atom stereocenters. The Kier molecular flexibility index (Phi) is 3.07. The van der Waals surface area contributed by atoms with E-state index in [2.05, 4.69) is 10.3 Å². The van der Waals surface area contributed by atoms with E-state index in [9.17, 15) is 9.59 Å². The second-order valence-electron chi connectivity index (χ2n) is 5.02. The number of benzene rings is 1. The number of fused-ring (bicyclic) bond motifs is 1. The Morgan fingerprint density at radius 2 is 1.95 bits per heavy atom. The van der Waals surface area contributed by atoms with Gasteiger partial charge >= 0.3 is 0 Å². The van der Waals surface area contributed by atoms with Gasteiger partial charge in [0.25, 0.3) is 5.56 Å². The summed E-state index contributed by atoms with van der Waals surface area (Å²) in [6.07, 6.45) is 2.07. The van der Waals surface area contributed by atoms with E-state index >= 15 is 0 Å². The number of aromatic nitrogens is 1. The number of rotatable bonds is 1. The first kappa shape index (κ1) is 12.0. The molecule has 1 aromatic carbocycles. The lowest BCUT2D eigenvalue weighted by Crippen LogP contribution is -2.21. The van der Waals surface area contributed by atoms with Gasteiger partial charge in [0.1, 0.15) is 0 Å². The van der Waals surface area contributed by atoms with Crippen LogP contribution in [0.25, 0.3) is 10.9 Å². The first-order valence-corrected chi connectivity index (χ1v) is 6.63. The molecule has 1 saturated heterocycles. The minimum Gasteiger partial charge on any atom is -0.356 e. The van der Waals surface area contributed by atoms with Gasteiger partial charge in [0.15, 0.2) is 0 Å². The lowest BCUT2D eigenvalue weighted by molar-refractivity contribution is -0.120. The SMILES string of the molecule is O=C1CCC(c2cc3ccccc3[nH]c2=O)CCN1. The van der Waals surface area contributed by atoms with Crippen molar-refractivity contribution in [1.82, 2.24) is 10.3 Å². The Labute approximate surface area is 110 Å². The summed E-state index contributed by atoms with van der Waals surface area (Å²) in [5, 5.41) is 3.89. The Morgan fingerprint density at radius 3 is 2.84 bits per heavy atom. The number of H-pyrrole nitrogens is 1. The summed E-state index contributed by atoms with van der Waals surface area (Å²) in [6, 6.07) is 9.73. The molecular weight excluding hydrogens is 240 g/mol. The van der Waals surface area contributed by atoms with Gasteiger partial charge in [0.2, 0.25) is 5.91 Å². The zero-order valence-corrected chi connectivity index (χ0v) is 10.6. The van der Waals surface area contributed by atoms with Crippen LogP contribution >= 0.6 is 0 Å². The Morgan fingerprint density at radius 1 is 1.11 bits per heavy atom. The molecule has 0 bridgehead atoms. The van der Waals surface area contributed by atoms with Crippen LogP contribution in [0.15, 0.2) is 35.1 Å². The molecule has 2 heterocycles. The first-order valence-electron chi connectivity index (χ1n) is 6.63. The first-order chi connectivity index (χ1) is 9.24. The molecule has 1 aliphatic rings. The summed E-state index contributed by atoms with van der Waals surface area (Å²) < 4.78 is 0. The molecule has 1 aliphatic heterocycles. The summed E-state index contributed by atoms with van der Waals surface area (Å²) in [5.74, 6) is 0.243. The number of hydrogen-bond donors (Lipinski definition) is 2. The fraction of sp³-hybridized carbons (Fsp3) is 0.333. The Balaban J connectivity index is 2.02. The normalized spacial score (nSPS) is 20.0. The van der Waals surface area contributed by atoms with Crippen LogP contribution in [0.1, 0.15) is 30.7 Å². The van der Waals surface area contributed by atoms with Crippen molar-refractivity contribution in [3.8, 4) is 0 Å².